The molecule has 3 heterocycles. The predicted molar refractivity (Wildman–Crippen MR) is 107 cm³/mol. The summed E-state index contributed by atoms with van der Waals surface area (Å²) in [4.78, 5) is 9.22. The Kier molecular flexibility index (Phi) is 3.54. The molecule has 4 heteroatoms. The van der Waals surface area contributed by atoms with Gasteiger partial charge < -0.3 is 4.42 Å². The summed E-state index contributed by atoms with van der Waals surface area (Å²) in [7, 11) is -1.53. The Hall–Kier alpha value is -2.46. The Morgan fingerprint density at radius 2 is 1.72 bits per heavy atom. The summed E-state index contributed by atoms with van der Waals surface area (Å²) in [6.07, 6.45) is 1.90. The lowest BCUT2D eigenvalue weighted by atomic mass is 10.1. The molecule has 0 fully saturated rings. The molecular formula is C21H22N2OSi. The van der Waals surface area contributed by atoms with Crippen molar-refractivity contribution in [3.8, 4) is 11.3 Å². The zero-order valence-electron chi connectivity index (χ0n) is 15.3. The summed E-state index contributed by atoms with van der Waals surface area (Å²) in [6, 6.07) is 12.8. The SMILES string of the molecule is Cc1ccc(-c2ccc([Si](C)(C)C)c3c2oc2nc(C)ccc23)nc1. The monoisotopic (exact) mass is 346 g/mol. The van der Waals surface area contributed by atoms with Crippen LogP contribution in [0.15, 0.2) is 47.0 Å². The molecule has 1 aromatic carbocycles. The smallest absolute Gasteiger partial charge is 0.227 e. The molecule has 0 aliphatic carbocycles. The Balaban J connectivity index is 2.13. The fraction of sp³-hybridized carbons (Fsp3) is 0.238. The molecular weight excluding hydrogens is 324 g/mol. The van der Waals surface area contributed by atoms with Crippen molar-refractivity contribution < 1.29 is 4.42 Å². The lowest BCUT2D eigenvalue weighted by Crippen LogP contribution is -2.37. The van der Waals surface area contributed by atoms with Crippen molar-refractivity contribution in [2.24, 2.45) is 0 Å². The second-order valence-corrected chi connectivity index (χ2v) is 12.8. The van der Waals surface area contributed by atoms with Crippen LogP contribution in [0.25, 0.3) is 33.3 Å². The van der Waals surface area contributed by atoms with E-state index in [2.05, 4.69) is 72.9 Å². The number of nitrogens with zero attached hydrogens (tertiary/aromatic N) is 2. The maximum atomic E-state index is 6.26. The van der Waals surface area contributed by atoms with E-state index >= 15 is 0 Å². The summed E-state index contributed by atoms with van der Waals surface area (Å²) in [5.74, 6) is 0. The number of fused-ring (bicyclic) bond motifs is 3. The number of aryl methyl sites for hydroxylation is 2. The summed E-state index contributed by atoms with van der Waals surface area (Å²) < 4.78 is 6.26. The maximum absolute atomic E-state index is 6.26. The van der Waals surface area contributed by atoms with Crippen molar-refractivity contribution in [2.45, 2.75) is 33.5 Å². The highest BCUT2D eigenvalue weighted by molar-refractivity contribution is 6.90. The van der Waals surface area contributed by atoms with Gasteiger partial charge in [-0.2, -0.15) is 0 Å². The number of rotatable bonds is 2. The minimum atomic E-state index is -1.53. The number of benzene rings is 1. The van der Waals surface area contributed by atoms with E-state index in [9.17, 15) is 0 Å². The first-order chi connectivity index (χ1) is 11.8. The minimum absolute atomic E-state index is 0.717. The van der Waals surface area contributed by atoms with Crippen molar-refractivity contribution in [1.82, 2.24) is 9.97 Å². The van der Waals surface area contributed by atoms with Crippen LogP contribution in [0.4, 0.5) is 0 Å². The molecule has 0 aliphatic rings. The highest BCUT2D eigenvalue weighted by Gasteiger charge is 2.25. The molecule has 0 spiro atoms. The molecule has 3 nitrogen and oxygen atoms in total. The van der Waals surface area contributed by atoms with E-state index in [4.69, 9.17) is 4.42 Å². The third kappa shape index (κ3) is 2.67. The topological polar surface area (TPSA) is 38.9 Å². The molecule has 0 amide bonds. The van der Waals surface area contributed by atoms with E-state index in [1.807, 2.05) is 13.1 Å². The van der Waals surface area contributed by atoms with Gasteiger partial charge in [-0.25, -0.2) is 4.98 Å². The fourth-order valence-corrected chi connectivity index (χ4v) is 4.89. The van der Waals surface area contributed by atoms with E-state index < -0.39 is 8.07 Å². The number of hydrogen-bond donors (Lipinski definition) is 0. The molecule has 25 heavy (non-hydrogen) atoms. The summed E-state index contributed by atoms with van der Waals surface area (Å²) in [5, 5.41) is 3.72. The lowest BCUT2D eigenvalue weighted by Gasteiger charge is -2.18. The molecule has 0 aliphatic heterocycles. The van der Waals surface area contributed by atoms with Crippen molar-refractivity contribution >= 4 is 35.3 Å². The number of hydrogen-bond acceptors (Lipinski definition) is 3. The van der Waals surface area contributed by atoms with Gasteiger partial charge >= 0.3 is 0 Å². The first kappa shape index (κ1) is 16.0. The second-order valence-electron chi connectivity index (χ2n) is 7.74. The molecule has 3 aromatic heterocycles. The Labute approximate surface area is 148 Å². The van der Waals surface area contributed by atoms with Crippen LogP contribution in [0.5, 0.6) is 0 Å². The maximum Gasteiger partial charge on any atom is 0.227 e. The first-order valence-electron chi connectivity index (χ1n) is 8.61. The second kappa shape index (κ2) is 5.53. The van der Waals surface area contributed by atoms with Crippen LogP contribution in [0.2, 0.25) is 19.6 Å². The van der Waals surface area contributed by atoms with Crippen LogP contribution in [-0.2, 0) is 0 Å². The average molecular weight is 347 g/mol. The van der Waals surface area contributed by atoms with Crippen molar-refractivity contribution in [1.29, 1.82) is 0 Å². The highest BCUT2D eigenvalue weighted by Crippen LogP contribution is 2.34. The molecule has 0 saturated carbocycles. The van der Waals surface area contributed by atoms with Crippen LogP contribution in [0.3, 0.4) is 0 Å². The van der Waals surface area contributed by atoms with Gasteiger partial charge in [0.15, 0.2) is 0 Å². The van der Waals surface area contributed by atoms with Crippen molar-refractivity contribution in [2.75, 3.05) is 0 Å². The van der Waals surface area contributed by atoms with Gasteiger partial charge in [0.05, 0.1) is 13.8 Å². The van der Waals surface area contributed by atoms with Gasteiger partial charge in [-0.3, -0.25) is 4.98 Å². The van der Waals surface area contributed by atoms with Gasteiger partial charge in [0.2, 0.25) is 5.71 Å². The van der Waals surface area contributed by atoms with Crippen LogP contribution in [0.1, 0.15) is 11.3 Å². The molecule has 0 saturated heterocycles. The first-order valence-corrected chi connectivity index (χ1v) is 12.1. The quantitative estimate of drug-likeness (QED) is 0.468. The summed E-state index contributed by atoms with van der Waals surface area (Å²) in [5.41, 5.74) is 5.72. The summed E-state index contributed by atoms with van der Waals surface area (Å²) >= 11 is 0. The molecule has 0 unspecified atom stereocenters. The summed E-state index contributed by atoms with van der Waals surface area (Å²) in [6.45, 7) is 11.1. The molecule has 0 bridgehead atoms. The molecule has 0 N–H and O–H groups in total. The average Bonchev–Trinajstić information content (AvgIpc) is 2.92. The van der Waals surface area contributed by atoms with Gasteiger partial charge in [-0.15, -0.1) is 0 Å². The van der Waals surface area contributed by atoms with Crippen LogP contribution >= 0.6 is 0 Å². The van der Waals surface area contributed by atoms with Gasteiger partial charge in [0.1, 0.15) is 5.58 Å². The standard InChI is InChI=1S/C21H22N2OSi/c1-13-6-10-17(22-12-13)15-9-11-18(25(3,4)5)19-16-8-7-14(2)23-21(16)24-20(15)19/h6-12H,1-5H3. The Morgan fingerprint density at radius 1 is 0.920 bits per heavy atom. The minimum Gasteiger partial charge on any atom is -0.437 e. The third-order valence-corrected chi connectivity index (χ3v) is 6.65. The number of aromatic nitrogens is 2. The fourth-order valence-electron chi connectivity index (χ4n) is 3.31. The normalized spacial score (nSPS) is 12.2. The highest BCUT2D eigenvalue weighted by atomic mass is 28.3. The Bertz CT molecular complexity index is 1090. The van der Waals surface area contributed by atoms with E-state index in [1.165, 1.54) is 10.6 Å². The number of pyridine rings is 2. The Morgan fingerprint density at radius 3 is 2.40 bits per heavy atom. The van der Waals surface area contributed by atoms with Crippen LogP contribution in [0, 0.1) is 13.8 Å². The van der Waals surface area contributed by atoms with Crippen molar-refractivity contribution in [3.05, 3.63) is 53.9 Å². The lowest BCUT2D eigenvalue weighted by molar-refractivity contribution is 0.653. The molecule has 4 rings (SSSR count). The van der Waals surface area contributed by atoms with Gasteiger partial charge in [-0.05, 0) is 48.9 Å². The van der Waals surface area contributed by atoms with Gasteiger partial charge in [0.25, 0.3) is 0 Å². The molecule has 0 radical (unpaired) electrons. The number of furan rings is 1. The van der Waals surface area contributed by atoms with Gasteiger partial charge in [0, 0.05) is 28.2 Å². The molecule has 4 aromatic rings. The molecule has 126 valence electrons. The van der Waals surface area contributed by atoms with E-state index in [0.717, 1.165) is 33.5 Å². The van der Waals surface area contributed by atoms with E-state index in [1.54, 1.807) is 0 Å². The van der Waals surface area contributed by atoms with E-state index in [0.29, 0.717) is 5.71 Å². The third-order valence-electron chi connectivity index (χ3n) is 4.62. The van der Waals surface area contributed by atoms with Crippen molar-refractivity contribution in [3.63, 3.8) is 0 Å². The zero-order chi connectivity index (χ0) is 17.8. The van der Waals surface area contributed by atoms with Crippen LogP contribution < -0.4 is 5.19 Å². The van der Waals surface area contributed by atoms with Crippen LogP contribution in [-0.4, -0.2) is 18.0 Å². The van der Waals surface area contributed by atoms with Gasteiger partial charge in [-0.1, -0.05) is 31.8 Å². The van der Waals surface area contributed by atoms with E-state index in [-0.39, 0.29) is 0 Å². The molecule has 0 atom stereocenters. The predicted octanol–water partition coefficient (Wildman–Crippen LogP) is 5.21. The largest absolute Gasteiger partial charge is 0.437 e. The zero-order valence-corrected chi connectivity index (χ0v) is 16.3.